The average Bonchev–Trinajstić information content (AvgIpc) is 3.00. The van der Waals surface area contributed by atoms with Crippen molar-refractivity contribution in [3.63, 3.8) is 0 Å². The molecule has 0 saturated carbocycles. The maximum absolute atomic E-state index is 12.7. The molecule has 0 aliphatic rings. The molecule has 3 aromatic rings. The van der Waals surface area contributed by atoms with E-state index in [1.165, 1.54) is 0 Å². The van der Waals surface area contributed by atoms with E-state index in [1.54, 1.807) is 16.8 Å². The Morgan fingerprint density at radius 3 is 2.83 bits per heavy atom. The van der Waals surface area contributed by atoms with Crippen molar-refractivity contribution in [3.8, 4) is 0 Å². The zero-order valence-corrected chi connectivity index (χ0v) is 13.3. The van der Waals surface area contributed by atoms with Crippen LogP contribution >= 0.6 is 0 Å². The van der Waals surface area contributed by atoms with Crippen LogP contribution in [0.3, 0.4) is 0 Å². The number of fused-ring (bicyclic) bond motifs is 3. The number of amides is 1. The van der Waals surface area contributed by atoms with E-state index in [4.69, 9.17) is 0 Å². The van der Waals surface area contributed by atoms with Crippen molar-refractivity contribution in [3.05, 3.63) is 47.0 Å². The molecule has 0 aromatic carbocycles. The molecular weight excluding hydrogens is 292 g/mol. The topological polar surface area (TPSA) is 68.4 Å². The second kappa shape index (κ2) is 6.24. The first-order valence-electron chi connectivity index (χ1n) is 7.82. The van der Waals surface area contributed by atoms with Gasteiger partial charge in [0, 0.05) is 31.4 Å². The van der Waals surface area contributed by atoms with Crippen molar-refractivity contribution in [2.24, 2.45) is 0 Å². The van der Waals surface area contributed by atoms with Gasteiger partial charge in [0.15, 0.2) is 5.65 Å². The fourth-order valence-corrected chi connectivity index (χ4v) is 2.78. The van der Waals surface area contributed by atoms with Crippen molar-refractivity contribution in [1.29, 1.82) is 0 Å². The molecule has 3 heterocycles. The summed E-state index contributed by atoms with van der Waals surface area (Å²) >= 11 is 0. The fraction of sp³-hybridized carbons (Fsp3) is 0.353. The highest BCUT2D eigenvalue weighted by molar-refractivity contribution is 5.76. The van der Waals surface area contributed by atoms with E-state index >= 15 is 0 Å². The van der Waals surface area contributed by atoms with Gasteiger partial charge in [0.2, 0.25) is 5.91 Å². The monoisotopic (exact) mass is 312 g/mol. The number of hydrogen-bond donors (Lipinski definition) is 1. The molecule has 120 valence electrons. The molecular formula is C17H20N4O2. The maximum Gasteiger partial charge on any atom is 0.276 e. The Morgan fingerprint density at radius 1 is 1.26 bits per heavy atom. The van der Waals surface area contributed by atoms with Crippen molar-refractivity contribution < 1.29 is 4.79 Å². The van der Waals surface area contributed by atoms with Crippen LogP contribution in [0, 0.1) is 0 Å². The number of nitrogens with zero attached hydrogens (tertiary/aromatic N) is 3. The van der Waals surface area contributed by atoms with E-state index in [-0.39, 0.29) is 17.5 Å². The zero-order valence-electron chi connectivity index (χ0n) is 13.3. The first kappa shape index (κ1) is 15.3. The lowest BCUT2D eigenvalue weighted by atomic mass is 10.2. The van der Waals surface area contributed by atoms with Gasteiger partial charge in [-0.15, -0.1) is 0 Å². The highest BCUT2D eigenvalue weighted by Gasteiger charge is 2.11. The van der Waals surface area contributed by atoms with Crippen LogP contribution in [0.2, 0.25) is 0 Å². The minimum atomic E-state index is -0.0783. The molecule has 0 radical (unpaired) electrons. The molecule has 0 unspecified atom stereocenters. The van der Waals surface area contributed by atoms with Crippen LogP contribution < -0.4 is 10.9 Å². The van der Waals surface area contributed by atoms with Gasteiger partial charge in [-0.05, 0) is 44.5 Å². The van der Waals surface area contributed by atoms with Gasteiger partial charge < -0.3 is 9.72 Å². The Labute approximate surface area is 133 Å². The summed E-state index contributed by atoms with van der Waals surface area (Å²) in [4.78, 5) is 28.8. The van der Waals surface area contributed by atoms with Crippen LogP contribution in [0.1, 0.15) is 26.7 Å². The molecule has 1 N–H and O–H groups in total. The predicted octanol–water partition coefficient (Wildman–Crippen LogP) is 1.95. The van der Waals surface area contributed by atoms with Gasteiger partial charge in [-0.3, -0.25) is 14.2 Å². The van der Waals surface area contributed by atoms with Gasteiger partial charge in [0.1, 0.15) is 5.52 Å². The number of rotatable bonds is 5. The van der Waals surface area contributed by atoms with Crippen molar-refractivity contribution in [1.82, 2.24) is 19.3 Å². The molecule has 1 amide bonds. The van der Waals surface area contributed by atoms with E-state index in [1.807, 2.05) is 42.6 Å². The Morgan fingerprint density at radius 2 is 2.04 bits per heavy atom. The molecule has 3 rings (SSSR count). The second-order valence-electron chi connectivity index (χ2n) is 5.89. The summed E-state index contributed by atoms with van der Waals surface area (Å²) in [6.07, 6.45) is 4.53. The standard InChI is InChI=1S/C17H20N4O2/c1-12(2)19-15(22)8-5-11-21-16-13(6-3-9-18-16)20-10-4-7-14(20)17(21)23/h3-4,6-7,9-10,12H,5,8,11H2,1-2H3,(H,19,22). The quantitative estimate of drug-likeness (QED) is 0.783. The van der Waals surface area contributed by atoms with Crippen LogP contribution in [0.5, 0.6) is 0 Å². The summed E-state index contributed by atoms with van der Waals surface area (Å²) in [7, 11) is 0. The number of carbonyl (C=O) groups excluding carboxylic acids is 1. The molecule has 0 aliphatic heterocycles. The predicted molar refractivity (Wildman–Crippen MR) is 89.5 cm³/mol. The molecule has 23 heavy (non-hydrogen) atoms. The van der Waals surface area contributed by atoms with Crippen molar-refractivity contribution in [2.75, 3.05) is 0 Å². The molecule has 3 aromatic heterocycles. The van der Waals surface area contributed by atoms with E-state index in [9.17, 15) is 9.59 Å². The number of hydrogen-bond acceptors (Lipinski definition) is 3. The van der Waals surface area contributed by atoms with Gasteiger partial charge in [0.05, 0.1) is 5.52 Å². The van der Waals surface area contributed by atoms with Gasteiger partial charge in [0.25, 0.3) is 5.56 Å². The third-order valence-electron chi connectivity index (χ3n) is 3.73. The normalized spacial score (nSPS) is 11.4. The van der Waals surface area contributed by atoms with Crippen LogP contribution in [0.15, 0.2) is 41.5 Å². The molecule has 0 saturated heterocycles. The van der Waals surface area contributed by atoms with Gasteiger partial charge in [-0.2, -0.15) is 0 Å². The molecule has 6 heteroatoms. The number of aromatic nitrogens is 3. The first-order valence-corrected chi connectivity index (χ1v) is 7.82. The van der Waals surface area contributed by atoms with Gasteiger partial charge >= 0.3 is 0 Å². The Kier molecular flexibility index (Phi) is 4.14. The summed E-state index contributed by atoms with van der Waals surface area (Å²) in [5.41, 5.74) is 2.08. The highest BCUT2D eigenvalue weighted by atomic mass is 16.1. The zero-order chi connectivity index (χ0) is 16.4. The third kappa shape index (κ3) is 2.97. The Hall–Kier alpha value is -2.63. The summed E-state index contributed by atoms with van der Waals surface area (Å²) < 4.78 is 3.51. The third-order valence-corrected chi connectivity index (χ3v) is 3.73. The number of nitrogens with one attached hydrogen (secondary N) is 1. The number of aryl methyl sites for hydroxylation is 1. The Bertz CT molecular complexity index is 908. The lowest BCUT2D eigenvalue weighted by molar-refractivity contribution is -0.121. The van der Waals surface area contributed by atoms with E-state index in [0.29, 0.717) is 30.6 Å². The first-order chi connectivity index (χ1) is 11.1. The minimum Gasteiger partial charge on any atom is -0.354 e. The van der Waals surface area contributed by atoms with E-state index in [0.717, 1.165) is 5.52 Å². The SMILES string of the molecule is CC(C)NC(=O)CCCn1c(=O)c2cccn2c2cccnc21. The minimum absolute atomic E-state index is 0.00841. The smallest absolute Gasteiger partial charge is 0.276 e. The maximum atomic E-state index is 12.7. The molecule has 0 fully saturated rings. The number of carbonyl (C=O) groups is 1. The molecule has 0 bridgehead atoms. The average molecular weight is 312 g/mol. The highest BCUT2D eigenvalue weighted by Crippen LogP contribution is 2.13. The summed E-state index contributed by atoms with van der Waals surface area (Å²) in [6.45, 7) is 4.33. The van der Waals surface area contributed by atoms with E-state index < -0.39 is 0 Å². The lowest BCUT2D eigenvalue weighted by Gasteiger charge is -2.12. The van der Waals surface area contributed by atoms with Crippen molar-refractivity contribution >= 4 is 22.6 Å². The Balaban J connectivity index is 1.92. The lowest BCUT2D eigenvalue weighted by Crippen LogP contribution is -2.30. The molecule has 0 spiro atoms. The summed E-state index contributed by atoms with van der Waals surface area (Å²) in [5, 5.41) is 2.86. The van der Waals surface area contributed by atoms with Crippen LogP contribution in [-0.4, -0.2) is 25.9 Å². The van der Waals surface area contributed by atoms with Gasteiger partial charge in [-0.1, -0.05) is 0 Å². The summed E-state index contributed by atoms with van der Waals surface area (Å²) in [6, 6.07) is 7.58. The largest absolute Gasteiger partial charge is 0.354 e. The molecule has 6 nitrogen and oxygen atoms in total. The summed E-state index contributed by atoms with van der Waals surface area (Å²) in [5.74, 6) is 0.00841. The fourth-order valence-electron chi connectivity index (χ4n) is 2.78. The molecule has 0 atom stereocenters. The molecule has 0 aliphatic carbocycles. The van der Waals surface area contributed by atoms with E-state index in [2.05, 4.69) is 10.3 Å². The van der Waals surface area contributed by atoms with Crippen LogP contribution in [-0.2, 0) is 11.3 Å². The van der Waals surface area contributed by atoms with Crippen LogP contribution in [0.25, 0.3) is 16.7 Å². The second-order valence-corrected chi connectivity index (χ2v) is 5.89. The van der Waals surface area contributed by atoms with Gasteiger partial charge in [-0.25, -0.2) is 4.98 Å². The van der Waals surface area contributed by atoms with Crippen molar-refractivity contribution in [2.45, 2.75) is 39.3 Å². The van der Waals surface area contributed by atoms with Crippen LogP contribution in [0.4, 0.5) is 0 Å². The number of pyridine rings is 1.